The van der Waals surface area contributed by atoms with Crippen LogP contribution >= 0.6 is 49.9 Å². The Labute approximate surface area is 109 Å². The van der Waals surface area contributed by atoms with Gasteiger partial charge in [0, 0.05) is 10.2 Å². The van der Waals surface area contributed by atoms with Crippen LogP contribution in [0.25, 0.3) is 10.1 Å². The average molecular weight is 383 g/mol. The molecule has 0 aliphatic carbocycles. The minimum atomic E-state index is 0.921. The summed E-state index contributed by atoms with van der Waals surface area (Å²) in [6, 6.07) is 6.35. The van der Waals surface area contributed by atoms with Gasteiger partial charge in [-0.05, 0) is 46.2 Å². The first kappa shape index (κ1) is 10.7. The van der Waals surface area contributed by atoms with Crippen LogP contribution in [0.5, 0.6) is 5.75 Å². The normalized spacial score (nSPS) is 10.8. The zero-order valence-corrected chi connectivity index (χ0v) is 12.1. The Morgan fingerprint density at radius 3 is 2.93 bits per heavy atom. The fourth-order valence-corrected chi connectivity index (χ4v) is 3.81. The molecule has 0 atom stereocenters. The first-order valence-electron chi connectivity index (χ1n) is 4.07. The van der Waals surface area contributed by atoms with Crippen LogP contribution in [0.2, 0.25) is 0 Å². The Bertz CT molecular complexity index is 466. The van der Waals surface area contributed by atoms with Crippen molar-refractivity contribution in [1.82, 2.24) is 0 Å². The molecule has 0 bridgehead atoms. The zero-order chi connectivity index (χ0) is 10.1. The summed E-state index contributed by atoms with van der Waals surface area (Å²) in [5.41, 5.74) is 0. The monoisotopic (exact) mass is 382 g/mol. The minimum Gasteiger partial charge on any atom is -0.496 e. The lowest BCUT2D eigenvalue weighted by Gasteiger charge is -2.02. The van der Waals surface area contributed by atoms with Crippen LogP contribution < -0.4 is 4.74 Å². The lowest BCUT2D eigenvalue weighted by atomic mass is 10.2. The van der Waals surface area contributed by atoms with Gasteiger partial charge in [0.05, 0.1) is 15.4 Å². The Morgan fingerprint density at radius 2 is 2.29 bits per heavy atom. The van der Waals surface area contributed by atoms with Crippen molar-refractivity contribution in [3.8, 4) is 5.75 Å². The number of thiophene rings is 1. The standard InChI is InChI=1S/C10H8BrIOS/c1-13-8-3-2-6-4-7(5-11)14-10(6)9(8)12/h2-4H,5H2,1H3. The van der Waals surface area contributed by atoms with E-state index in [9.17, 15) is 0 Å². The second-order valence-corrected chi connectivity index (χ2v) is 5.62. The zero-order valence-electron chi connectivity index (χ0n) is 7.51. The Hall–Kier alpha value is 0.190. The van der Waals surface area contributed by atoms with Gasteiger partial charge in [-0.15, -0.1) is 11.3 Å². The summed E-state index contributed by atoms with van der Waals surface area (Å²) in [5.74, 6) is 0.959. The third-order valence-corrected chi connectivity index (χ3v) is 5.57. The SMILES string of the molecule is COc1ccc2cc(CBr)sc2c1I. The van der Waals surface area contributed by atoms with Gasteiger partial charge in [0.2, 0.25) is 0 Å². The van der Waals surface area contributed by atoms with Gasteiger partial charge >= 0.3 is 0 Å². The van der Waals surface area contributed by atoms with Crippen LogP contribution in [0.3, 0.4) is 0 Å². The van der Waals surface area contributed by atoms with E-state index in [4.69, 9.17) is 4.74 Å². The molecule has 0 aliphatic heterocycles. The van der Waals surface area contributed by atoms with E-state index in [1.54, 1.807) is 7.11 Å². The van der Waals surface area contributed by atoms with Crippen LogP contribution in [0.1, 0.15) is 4.88 Å². The van der Waals surface area contributed by atoms with Gasteiger partial charge in [0.1, 0.15) is 5.75 Å². The summed E-state index contributed by atoms with van der Waals surface area (Å²) >= 11 is 7.63. The third-order valence-electron chi connectivity index (χ3n) is 1.99. The number of fused-ring (bicyclic) bond motifs is 1. The lowest BCUT2D eigenvalue weighted by Crippen LogP contribution is -1.85. The molecule has 0 saturated carbocycles. The molecule has 0 fully saturated rings. The maximum atomic E-state index is 5.28. The maximum absolute atomic E-state index is 5.28. The molecule has 1 aromatic carbocycles. The number of hydrogen-bond acceptors (Lipinski definition) is 2. The van der Waals surface area contributed by atoms with Crippen molar-refractivity contribution >= 4 is 59.9 Å². The topological polar surface area (TPSA) is 9.23 Å². The molecule has 1 heterocycles. The van der Waals surface area contributed by atoms with E-state index in [0.29, 0.717) is 0 Å². The summed E-state index contributed by atoms with van der Waals surface area (Å²) < 4.78 is 7.81. The number of ether oxygens (including phenoxy) is 1. The fraction of sp³-hybridized carbons (Fsp3) is 0.200. The number of methoxy groups -OCH3 is 1. The molecule has 14 heavy (non-hydrogen) atoms. The van der Waals surface area contributed by atoms with E-state index in [-0.39, 0.29) is 0 Å². The van der Waals surface area contributed by atoms with Gasteiger partial charge in [-0.2, -0.15) is 0 Å². The molecule has 4 heteroatoms. The van der Waals surface area contributed by atoms with E-state index in [1.807, 2.05) is 17.4 Å². The number of benzene rings is 1. The van der Waals surface area contributed by atoms with Crippen molar-refractivity contribution < 1.29 is 4.74 Å². The van der Waals surface area contributed by atoms with Gasteiger partial charge in [0.15, 0.2) is 0 Å². The molecule has 0 aliphatic rings. The summed E-state index contributed by atoms with van der Waals surface area (Å²) in [6.07, 6.45) is 0. The molecule has 1 nitrogen and oxygen atoms in total. The van der Waals surface area contributed by atoms with Crippen molar-refractivity contribution in [3.63, 3.8) is 0 Å². The van der Waals surface area contributed by atoms with Crippen molar-refractivity contribution in [3.05, 3.63) is 26.6 Å². The summed E-state index contributed by atoms with van der Waals surface area (Å²) in [6.45, 7) is 0. The van der Waals surface area contributed by atoms with E-state index < -0.39 is 0 Å². The quantitative estimate of drug-likeness (QED) is 0.552. The minimum absolute atomic E-state index is 0.921. The first-order valence-corrected chi connectivity index (χ1v) is 7.09. The number of rotatable bonds is 2. The number of hydrogen-bond donors (Lipinski definition) is 0. The first-order chi connectivity index (χ1) is 6.76. The van der Waals surface area contributed by atoms with Gasteiger partial charge in [0.25, 0.3) is 0 Å². The lowest BCUT2D eigenvalue weighted by molar-refractivity contribution is 0.412. The van der Waals surface area contributed by atoms with Crippen LogP contribution in [0.4, 0.5) is 0 Å². The maximum Gasteiger partial charge on any atom is 0.133 e. The summed E-state index contributed by atoms with van der Waals surface area (Å²) in [7, 11) is 1.71. The van der Waals surface area contributed by atoms with Crippen molar-refractivity contribution in [2.75, 3.05) is 7.11 Å². The van der Waals surface area contributed by atoms with E-state index in [1.165, 1.54) is 18.5 Å². The van der Waals surface area contributed by atoms with Gasteiger partial charge < -0.3 is 4.74 Å². The highest BCUT2D eigenvalue weighted by molar-refractivity contribution is 14.1. The molecule has 1 aromatic heterocycles. The Morgan fingerprint density at radius 1 is 1.50 bits per heavy atom. The second-order valence-electron chi connectivity index (χ2n) is 2.85. The van der Waals surface area contributed by atoms with Gasteiger partial charge in [-0.25, -0.2) is 0 Å². The molecule has 0 unspecified atom stereocenters. The highest BCUT2D eigenvalue weighted by atomic mass is 127. The summed E-state index contributed by atoms with van der Waals surface area (Å²) in [4.78, 5) is 1.35. The smallest absolute Gasteiger partial charge is 0.133 e. The van der Waals surface area contributed by atoms with Crippen LogP contribution in [0, 0.1) is 3.57 Å². The van der Waals surface area contributed by atoms with Crippen LogP contribution in [-0.2, 0) is 5.33 Å². The molecule has 0 saturated heterocycles. The summed E-state index contributed by atoms with van der Waals surface area (Å²) in [5, 5.41) is 2.22. The molecule has 2 aromatic rings. The average Bonchev–Trinajstić information content (AvgIpc) is 2.62. The third kappa shape index (κ3) is 1.79. The molecule has 0 N–H and O–H groups in total. The van der Waals surface area contributed by atoms with Crippen molar-refractivity contribution in [2.24, 2.45) is 0 Å². The molecule has 0 radical (unpaired) electrons. The highest BCUT2D eigenvalue weighted by Gasteiger charge is 2.08. The van der Waals surface area contributed by atoms with Crippen LogP contribution in [-0.4, -0.2) is 7.11 Å². The van der Waals surface area contributed by atoms with Crippen molar-refractivity contribution in [1.29, 1.82) is 0 Å². The van der Waals surface area contributed by atoms with E-state index >= 15 is 0 Å². The Balaban J connectivity index is 2.68. The molecular formula is C10H8BrIOS. The highest BCUT2D eigenvalue weighted by Crippen LogP contribution is 2.35. The molecule has 0 amide bonds. The van der Waals surface area contributed by atoms with Gasteiger partial charge in [-0.1, -0.05) is 15.9 Å². The molecule has 0 spiro atoms. The molecular weight excluding hydrogens is 375 g/mol. The predicted molar refractivity (Wildman–Crippen MR) is 73.7 cm³/mol. The molecule has 2 rings (SSSR count). The van der Waals surface area contributed by atoms with Crippen molar-refractivity contribution in [2.45, 2.75) is 5.33 Å². The number of alkyl halides is 1. The van der Waals surface area contributed by atoms with E-state index in [2.05, 4.69) is 50.7 Å². The Kier molecular flexibility index (Phi) is 3.34. The largest absolute Gasteiger partial charge is 0.496 e. The number of halogens is 2. The predicted octanol–water partition coefficient (Wildman–Crippen LogP) is 4.41. The second kappa shape index (κ2) is 4.37. The van der Waals surface area contributed by atoms with Gasteiger partial charge in [-0.3, -0.25) is 0 Å². The van der Waals surface area contributed by atoms with Crippen LogP contribution in [0.15, 0.2) is 18.2 Å². The fourth-order valence-electron chi connectivity index (χ4n) is 1.33. The van der Waals surface area contributed by atoms with E-state index in [0.717, 1.165) is 11.1 Å². The molecule has 74 valence electrons.